The van der Waals surface area contributed by atoms with Crippen molar-refractivity contribution >= 4 is 44.0 Å². The zero-order chi connectivity index (χ0) is 19.4. The fourth-order valence-corrected chi connectivity index (χ4v) is 4.26. The molecule has 3 rings (SSSR count). The molecule has 1 aromatic heterocycles. The van der Waals surface area contributed by atoms with Crippen molar-refractivity contribution in [1.82, 2.24) is 10.3 Å². The van der Waals surface area contributed by atoms with Gasteiger partial charge in [0.05, 0.1) is 4.90 Å². The SMILES string of the molecule is Cc1ccc(CNC(=O)c2ccc(S(=O)(=O)Nc3nccs3)cc2)cc1Cl. The Morgan fingerprint density at radius 2 is 1.93 bits per heavy atom. The molecule has 6 nitrogen and oxygen atoms in total. The number of carbonyl (C=O) groups is 1. The minimum atomic E-state index is -3.74. The van der Waals surface area contributed by atoms with Crippen LogP contribution in [0.15, 0.2) is 58.9 Å². The van der Waals surface area contributed by atoms with Crippen molar-refractivity contribution in [3.05, 3.63) is 75.8 Å². The minimum Gasteiger partial charge on any atom is -0.348 e. The van der Waals surface area contributed by atoms with Crippen LogP contribution in [0.4, 0.5) is 5.13 Å². The lowest BCUT2D eigenvalue weighted by molar-refractivity contribution is 0.0951. The van der Waals surface area contributed by atoms with Crippen molar-refractivity contribution in [1.29, 1.82) is 0 Å². The molecule has 0 aliphatic carbocycles. The van der Waals surface area contributed by atoms with E-state index in [0.717, 1.165) is 11.1 Å². The van der Waals surface area contributed by atoms with Crippen LogP contribution in [0, 0.1) is 6.92 Å². The van der Waals surface area contributed by atoms with E-state index in [1.807, 2.05) is 19.1 Å². The molecule has 1 amide bonds. The number of rotatable bonds is 6. The predicted molar refractivity (Wildman–Crippen MR) is 107 cm³/mol. The molecule has 3 aromatic rings. The molecule has 0 aliphatic heterocycles. The summed E-state index contributed by atoms with van der Waals surface area (Å²) in [5.41, 5.74) is 2.21. The number of amides is 1. The Morgan fingerprint density at radius 1 is 1.19 bits per heavy atom. The number of nitrogens with one attached hydrogen (secondary N) is 2. The first-order valence-corrected chi connectivity index (χ1v) is 10.6. The van der Waals surface area contributed by atoms with E-state index in [9.17, 15) is 13.2 Å². The average molecular weight is 422 g/mol. The van der Waals surface area contributed by atoms with Gasteiger partial charge >= 0.3 is 0 Å². The Morgan fingerprint density at radius 3 is 2.56 bits per heavy atom. The Kier molecular flexibility index (Phi) is 5.79. The first-order chi connectivity index (χ1) is 12.8. The van der Waals surface area contributed by atoms with Gasteiger partial charge in [-0.3, -0.25) is 9.52 Å². The summed E-state index contributed by atoms with van der Waals surface area (Å²) >= 11 is 7.26. The maximum absolute atomic E-state index is 12.3. The number of hydrogen-bond acceptors (Lipinski definition) is 5. The molecule has 1 heterocycles. The van der Waals surface area contributed by atoms with E-state index >= 15 is 0 Å². The van der Waals surface area contributed by atoms with Crippen molar-refractivity contribution in [3.63, 3.8) is 0 Å². The van der Waals surface area contributed by atoms with Crippen LogP contribution < -0.4 is 10.0 Å². The van der Waals surface area contributed by atoms with Crippen LogP contribution in [0.3, 0.4) is 0 Å². The molecule has 2 aromatic carbocycles. The molecule has 0 aliphatic rings. The van der Waals surface area contributed by atoms with E-state index in [1.165, 1.54) is 41.8 Å². The van der Waals surface area contributed by atoms with Crippen LogP contribution in [-0.2, 0) is 16.6 Å². The molecule has 140 valence electrons. The van der Waals surface area contributed by atoms with Gasteiger partial charge in [-0.25, -0.2) is 13.4 Å². The summed E-state index contributed by atoms with van der Waals surface area (Å²) in [6.45, 7) is 2.23. The second-order valence-corrected chi connectivity index (χ2v) is 8.72. The summed E-state index contributed by atoms with van der Waals surface area (Å²) < 4.78 is 27.0. The highest BCUT2D eigenvalue weighted by Crippen LogP contribution is 2.19. The van der Waals surface area contributed by atoms with Gasteiger partial charge in [0.1, 0.15) is 0 Å². The lowest BCUT2D eigenvalue weighted by atomic mass is 10.1. The van der Waals surface area contributed by atoms with Crippen molar-refractivity contribution in [2.75, 3.05) is 4.72 Å². The summed E-state index contributed by atoms with van der Waals surface area (Å²) in [6.07, 6.45) is 1.51. The molecule has 0 saturated heterocycles. The second kappa shape index (κ2) is 8.08. The molecule has 0 unspecified atom stereocenters. The van der Waals surface area contributed by atoms with Crippen LogP contribution in [-0.4, -0.2) is 19.3 Å². The smallest absolute Gasteiger partial charge is 0.263 e. The molecule has 0 radical (unpaired) electrons. The number of nitrogens with zero attached hydrogens (tertiary/aromatic N) is 1. The normalized spacial score (nSPS) is 11.2. The maximum atomic E-state index is 12.3. The molecule has 0 saturated carbocycles. The van der Waals surface area contributed by atoms with Gasteiger partial charge in [-0.05, 0) is 48.4 Å². The molecule has 0 spiro atoms. The second-order valence-electron chi connectivity index (χ2n) is 5.73. The van der Waals surface area contributed by atoms with Crippen LogP contribution in [0.1, 0.15) is 21.5 Å². The number of aromatic nitrogens is 1. The molecule has 0 fully saturated rings. The number of sulfonamides is 1. The fourth-order valence-electron chi connectivity index (χ4n) is 2.26. The van der Waals surface area contributed by atoms with Gasteiger partial charge in [-0.2, -0.15) is 0 Å². The van der Waals surface area contributed by atoms with Crippen LogP contribution >= 0.6 is 22.9 Å². The lowest BCUT2D eigenvalue weighted by Gasteiger charge is -2.08. The largest absolute Gasteiger partial charge is 0.348 e. The number of aryl methyl sites for hydroxylation is 1. The van der Waals surface area contributed by atoms with Crippen molar-refractivity contribution < 1.29 is 13.2 Å². The highest BCUT2D eigenvalue weighted by Gasteiger charge is 2.16. The Hall–Kier alpha value is -2.42. The summed E-state index contributed by atoms with van der Waals surface area (Å²) in [5, 5.41) is 5.39. The van der Waals surface area contributed by atoms with Gasteiger partial charge in [0, 0.05) is 28.7 Å². The summed E-state index contributed by atoms with van der Waals surface area (Å²) in [4.78, 5) is 16.2. The van der Waals surface area contributed by atoms with Crippen molar-refractivity contribution in [2.24, 2.45) is 0 Å². The zero-order valence-electron chi connectivity index (χ0n) is 14.3. The molecular weight excluding hydrogens is 406 g/mol. The molecule has 9 heteroatoms. The van der Waals surface area contributed by atoms with E-state index in [0.29, 0.717) is 17.1 Å². The van der Waals surface area contributed by atoms with E-state index in [1.54, 1.807) is 11.4 Å². The number of anilines is 1. The van der Waals surface area contributed by atoms with Gasteiger partial charge in [0.2, 0.25) is 0 Å². The number of hydrogen-bond donors (Lipinski definition) is 2. The van der Waals surface area contributed by atoms with Crippen LogP contribution in [0.2, 0.25) is 5.02 Å². The quantitative estimate of drug-likeness (QED) is 0.633. The summed E-state index contributed by atoms with van der Waals surface area (Å²) in [6, 6.07) is 11.3. The van der Waals surface area contributed by atoms with Gasteiger partial charge in [-0.1, -0.05) is 23.7 Å². The summed E-state index contributed by atoms with van der Waals surface area (Å²) in [5.74, 6) is -0.302. The highest BCUT2D eigenvalue weighted by atomic mass is 35.5. The zero-order valence-corrected chi connectivity index (χ0v) is 16.7. The first-order valence-electron chi connectivity index (χ1n) is 7.91. The van der Waals surface area contributed by atoms with Gasteiger partial charge < -0.3 is 5.32 Å². The Balaban J connectivity index is 1.65. The van der Waals surface area contributed by atoms with Gasteiger partial charge in [-0.15, -0.1) is 11.3 Å². The van der Waals surface area contributed by atoms with E-state index < -0.39 is 10.0 Å². The van der Waals surface area contributed by atoms with Crippen molar-refractivity contribution in [3.8, 4) is 0 Å². The highest BCUT2D eigenvalue weighted by molar-refractivity contribution is 7.93. The molecule has 27 heavy (non-hydrogen) atoms. The lowest BCUT2D eigenvalue weighted by Crippen LogP contribution is -2.23. The standard InChI is InChI=1S/C18H16ClN3O3S2/c1-12-2-3-13(10-16(12)19)11-21-17(23)14-4-6-15(7-5-14)27(24,25)22-18-20-8-9-26-18/h2-10H,11H2,1H3,(H,20,22)(H,21,23). The number of carbonyl (C=O) groups excluding carboxylic acids is 1. The number of halogens is 1. The molecule has 2 N–H and O–H groups in total. The van der Waals surface area contributed by atoms with Crippen LogP contribution in [0.5, 0.6) is 0 Å². The van der Waals surface area contributed by atoms with Crippen LogP contribution in [0.25, 0.3) is 0 Å². The molecular formula is C18H16ClN3O3S2. The predicted octanol–water partition coefficient (Wildman–Crippen LogP) is 3.84. The fraction of sp³-hybridized carbons (Fsp3) is 0.111. The third-order valence-corrected chi connectivity index (χ3v) is 6.35. The van der Waals surface area contributed by atoms with Gasteiger partial charge in [0.25, 0.3) is 15.9 Å². The minimum absolute atomic E-state index is 0.0552. The maximum Gasteiger partial charge on any atom is 0.263 e. The Bertz CT molecular complexity index is 1050. The van der Waals surface area contributed by atoms with Crippen molar-refractivity contribution in [2.45, 2.75) is 18.4 Å². The van der Waals surface area contributed by atoms with Gasteiger partial charge in [0.15, 0.2) is 5.13 Å². The molecule has 0 atom stereocenters. The van der Waals surface area contributed by atoms with E-state index in [2.05, 4.69) is 15.0 Å². The third-order valence-electron chi connectivity index (χ3n) is 3.77. The summed E-state index contributed by atoms with van der Waals surface area (Å²) in [7, 11) is -3.74. The monoisotopic (exact) mass is 421 g/mol. The van der Waals surface area contributed by atoms with E-state index in [4.69, 9.17) is 11.6 Å². The van der Waals surface area contributed by atoms with E-state index in [-0.39, 0.29) is 15.9 Å². The topological polar surface area (TPSA) is 88.2 Å². The number of thiazole rings is 1. The number of benzene rings is 2. The third kappa shape index (κ3) is 4.85. The average Bonchev–Trinajstić information content (AvgIpc) is 3.15. The molecule has 0 bridgehead atoms. The first kappa shape index (κ1) is 19.3. The Labute approximate surface area is 166 Å².